The number of nitrogens with zero attached hydrogens (tertiary/aromatic N) is 2. The Hall–Kier alpha value is -1.03. The lowest BCUT2D eigenvalue weighted by Crippen LogP contribution is -2.25. The normalized spacial score (nSPS) is 27.2. The van der Waals surface area contributed by atoms with Crippen molar-refractivity contribution in [2.24, 2.45) is 11.8 Å². The van der Waals surface area contributed by atoms with Crippen LogP contribution in [0.2, 0.25) is 5.15 Å². The maximum absolute atomic E-state index is 5.99. The van der Waals surface area contributed by atoms with E-state index in [9.17, 15) is 0 Å². The number of anilines is 1. The summed E-state index contributed by atoms with van der Waals surface area (Å²) in [5.41, 5.74) is 0. The SMILES string of the molecule is CCC1CCC(Nc2ncnc(Cl)c2OC)C1C. The first kappa shape index (κ1) is 13.4. The van der Waals surface area contributed by atoms with Gasteiger partial charge in [-0.05, 0) is 24.7 Å². The topological polar surface area (TPSA) is 47.0 Å². The van der Waals surface area contributed by atoms with Gasteiger partial charge in [0.2, 0.25) is 0 Å². The Morgan fingerprint density at radius 2 is 2.22 bits per heavy atom. The Morgan fingerprint density at radius 1 is 1.44 bits per heavy atom. The highest BCUT2D eigenvalue weighted by molar-refractivity contribution is 6.31. The molecule has 0 aliphatic heterocycles. The monoisotopic (exact) mass is 269 g/mol. The van der Waals surface area contributed by atoms with Crippen molar-refractivity contribution in [2.45, 2.75) is 39.2 Å². The Balaban J connectivity index is 2.13. The van der Waals surface area contributed by atoms with Crippen molar-refractivity contribution >= 4 is 17.4 Å². The van der Waals surface area contributed by atoms with Gasteiger partial charge in [-0.15, -0.1) is 0 Å². The summed E-state index contributed by atoms with van der Waals surface area (Å²) in [5.74, 6) is 2.68. The predicted octanol–water partition coefficient (Wildman–Crippen LogP) is 3.38. The number of nitrogens with one attached hydrogen (secondary N) is 1. The highest BCUT2D eigenvalue weighted by atomic mass is 35.5. The van der Waals surface area contributed by atoms with Crippen LogP contribution in [-0.4, -0.2) is 23.1 Å². The molecule has 0 radical (unpaired) electrons. The maximum Gasteiger partial charge on any atom is 0.198 e. The molecule has 3 atom stereocenters. The summed E-state index contributed by atoms with van der Waals surface area (Å²) >= 11 is 5.99. The third-order valence-electron chi connectivity index (χ3n) is 4.04. The number of halogens is 1. The summed E-state index contributed by atoms with van der Waals surface area (Å²) in [6.07, 6.45) is 5.14. The molecule has 0 bridgehead atoms. The molecule has 1 aliphatic carbocycles. The second-order valence-electron chi connectivity index (χ2n) is 4.90. The van der Waals surface area contributed by atoms with Crippen LogP contribution in [0, 0.1) is 11.8 Å². The lowest BCUT2D eigenvalue weighted by atomic mass is 9.93. The highest BCUT2D eigenvalue weighted by Crippen LogP contribution is 2.37. The quantitative estimate of drug-likeness (QED) is 0.852. The molecule has 1 saturated carbocycles. The van der Waals surface area contributed by atoms with Gasteiger partial charge in [-0.2, -0.15) is 0 Å². The number of methoxy groups -OCH3 is 1. The first-order chi connectivity index (χ1) is 8.67. The van der Waals surface area contributed by atoms with Crippen molar-refractivity contribution in [2.75, 3.05) is 12.4 Å². The first-order valence-corrected chi connectivity index (χ1v) is 6.86. The van der Waals surface area contributed by atoms with Crippen LogP contribution in [0.3, 0.4) is 0 Å². The zero-order valence-electron chi connectivity index (χ0n) is 11.1. The van der Waals surface area contributed by atoms with Gasteiger partial charge in [0.05, 0.1) is 7.11 Å². The van der Waals surface area contributed by atoms with Crippen LogP contribution < -0.4 is 10.1 Å². The van der Waals surface area contributed by atoms with E-state index in [0.717, 1.165) is 5.92 Å². The predicted molar refractivity (Wildman–Crippen MR) is 73.2 cm³/mol. The van der Waals surface area contributed by atoms with Gasteiger partial charge >= 0.3 is 0 Å². The van der Waals surface area contributed by atoms with Crippen LogP contribution in [-0.2, 0) is 0 Å². The van der Waals surface area contributed by atoms with E-state index < -0.39 is 0 Å². The Morgan fingerprint density at radius 3 is 2.83 bits per heavy atom. The summed E-state index contributed by atoms with van der Waals surface area (Å²) in [6.45, 7) is 4.56. The second kappa shape index (κ2) is 5.74. The molecule has 5 heteroatoms. The number of hydrogen-bond donors (Lipinski definition) is 1. The van der Waals surface area contributed by atoms with Crippen molar-refractivity contribution in [1.29, 1.82) is 0 Å². The van der Waals surface area contributed by atoms with Crippen molar-refractivity contribution in [3.05, 3.63) is 11.5 Å². The molecule has 0 saturated heterocycles. The summed E-state index contributed by atoms with van der Waals surface area (Å²) < 4.78 is 5.26. The van der Waals surface area contributed by atoms with E-state index in [4.69, 9.17) is 16.3 Å². The minimum absolute atomic E-state index is 0.354. The zero-order valence-corrected chi connectivity index (χ0v) is 11.9. The Bertz CT molecular complexity index is 413. The fourth-order valence-electron chi connectivity index (χ4n) is 2.84. The average molecular weight is 270 g/mol. The van der Waals surface area contributed by atoms with Crippen LogP contribution >= 0.6 is 11.6 Å². The molecule has 0 amide bonds. The van der Waals surface area contributed by atoms with E-state index in [1.807, 2.05) is 0 Å². The van der Waals surface area contributed by atoms with E-state index in [-0.39, 0.29) is 0 Å². The lowest BCUT2D eigenvalue weighted by molar-refractivity contribution is 0.388. The van der Waals surface area contributed by atoms with Gasteiger partial charge in [0.15, 0.2) is 16.7 Å². The van der Waals surface area contributed by atoms with E-state index in [1.165, 1.54) is 25.6 Å². The third kappa shape index (κ3) is 2.53. The molecule has 1 fully saturated rings. The first-order valence-electron chi connectivity index (χ1n) is 6.48. The number of rotatable bonds is 4. The molecule has 1 aromatic rings. The van der Waals surface area contributed by atoms with Gasteiger partial charge in [-0.1, -0.05) is 31.9 Å². The summed E-state index contributed by atoms with van der Waals surface area (Å²) in [5, 5.41) is 3.81. The van der Waals surface area contributed by atoms with Crippen molar-refractivity contribution in [1.82, 2.24) is 9.97 Å². The van der Waals surface area contributed by atoms with Crippen molar-refractivity contribution in [3.63, 3.8) is 0 Å². The van der Waals surface area contributed by atoms with Crippen molar-refractivity contribution < 1.29 is 4.74 Å². The standard InChI is InChI=1S/C13H20ClN3O/c1-4-9-5-6-10(8(9)2)17-13-11(18-3)12(14)15-7-16-13/h7-10H,4-6H2,1-3H3,(H,15,16,17). The molecular weight excluding hydrogens is 250 g/mol. The van der Waals surface area contributed by atoms with Gasteiger partial charge in [0.25, 0.3) is 0 Å². The van der Waals surface area contributed by atoms with E-state index in [1.54, 1.807) is 7.11 Å². The number of aromatic nitrogens is 2. The lowest BCUT2D eigenvalue weighted by Gasteiger charge is -2.22. The largest absolute Gasteiger partial charge is 0.490 e. The summed E-state index contributed by atoms with van der Waals surface area (Å²) in [4.78, 5) is 8.15. The summed E-state index contributed by atoms with van der Waals surface area (Å²) in [6, 6.07) is 0.440. The highest BCUT2D eigenvalue weighted by Gasteiger charge is 2.32. The maximum atomic E-state index is 5.99. The molecule has 1 aromatic heterocycles. The van der Waals surface area contributed by atoms with Crippen molar-refractivity contribution in [3.8, 4) is 5.75 Å². The van der Waals surface area contributed by atoms with Gasteiger partial charge in [0, 0.05) is 6.04 Å². The molecule has 1 aliphatic rings. The summed E-state index contributed by atoms with van der Waals surface area (Å²) in [7, 11) is 1.59. The fourth-order valence-corrected chi connectivity index (χ4v) is 3.05. The van der Waals surface area contributed by atoms with Gasteiger partial charge in [0.1, 0.15) is 6.33 Å². The van der Waals surface area contributed by atoms with Crippen LogP contribution in [0.1, 0.15) is 33.1 Å². The molecule has 3 unspecified atom stereocenters. The minimum atomic E-state index is 0.354. The molecule has 18 heavy (non-hydrogen) atoms. The molecule has 4 nitrogen and oxygen atoms in total. The fraction of sp³-hybridized carbons (Fsp3) is 0.692. The van der Waals surface area contributed by atoms with Crippen LogP contribution in [0.5, 0.6) is 5.75 Å². The number of hydrogen-bond acceptors (Lipinski definition) is 4. The van der Waals surface area contributed by atoms with Crippen LogP contribution in [0.15, 0.2) is 6.33 Å². The molecule has 100 valence electrons. The smallest absolute Gasteiger partial charge is 0.198 e. The third-order valence-corrected chi connectivity index (χ3v) is 4.31. The van der Waals surface area contributed by atoms with Gasteiger partial charge in [-0.25, -0.2) is 9.97 Å². The molecule has 0 aromatic carbocycles. The zero-order chi connectivity index (χ0) is 13.1. The van der Waals surface area contributed by atoms with Gasteiger partial charge < -0.3 is 10.1 Å². The van der Waals surface area contributed by atoms with E-state index in [0.29, 0.717) is 28.7 Å². The molecule has 0 spiro atoms. The van der Waals surface area contributed by atoms with E-state index >= 15 is 0 Å². The average Bonchev–Trinajstić information content (AvgIpc) is 2.71. The number of ether oxygens (including phenoxy) is 1. The molecule has 1 heterocycles. The van der Waals surface area contributed by atoms with Crippen LogP contribution in [0.4, 0.5) is 5.82 Å². The molecular formula is C13H20ClN3O. The van der Waals surface area contributed by atoms with E-state index in [2.05, 4.69) is 29.1 Å². The Labute approximate surface area is 113 Å². The minimum Gasteiger partial charge on any atom is -0.490 e. The van der Waals surface area contributed by atoms with Crippen LogP contribution in [0.25, 0.3) is 0 Å². The second-order valence-corrected chi connectivity index (χ2v) is 5.26. The Kier molecular flexibility index (Phi) is 4.27. The molecule has 1 N–H and O–H groups in total. The van der Waals surface area contributed by atoms with Gasteiger partial charge in [-0.3, -0.25) is 0 Å². The molecule has 2 rings (SSSR count).